The second-order valence-corrected chi connectivity index (χ2v) is 11.2. The summed E-state index contributed by atoms with van der Waals surface area (Å²) < 4.78 is 85.3. The summed E-state index contributed by atoms with van der Waals surface area (Å²) in [4.78, 5) is 33.2. The largest absolute Gasteiger partial charge is 0.480 e. The molecule has 1 amide bonds. The van der Waals surface area contributed by atoms with Crippen molar-refractivity contribution in [1.29, 1.82) is 0 Å². The SMILES string of the molecule is COc1ncc(-c2ccc3ncn(C[C@H](C)C(=O)NCC(F)(F)F)c(=O)c3c2)cc1NS(=O)(=O)c1ccc(F)cc1Cl. The number of rotatable bonds is 9. The number of carbonyl (C=O) groups is 1. The molecule has 2 N–H and O–H groups in total. The number of nitrogens with zero attached hydrogens (tertiary/aromatic N) is 3. The number of ether oxygens (including phenoxy) is 1. The molecule has 0 aliphatic rings. The summed E-state index contributed by atoms with van der Waals surface area (Å²) in [6.45, 7) is -0.337. The molecule has 2 heterocycles. The van der Waals surface area contributed by atoms with E-state index in [-0.39, 0.29) is 33.4 Å². The highest BCUT2D eigenvalue weighted by atomic mass is 35.5. The average molecular weight is 628 g/mol. The van der Waals surface area contributed by atoms with E-state index in [1.54, 1.807) is 17.4 Å². The maximum absolute atomic E-state index is 13.4. The van der Waals surface area contributed by atoms with Gasteiger partial charge in [0.25, 0.3) is 15.6 Å². The lowest BCUT2D eigenvalue weighted by Crippen LogP contribution is -2.39. The molecule has 0 unspecified atom stereocenters. The summed E-state index contributed by atoms with van der Waals surface area (Å²) in [5, 5.41) is 1.58. The Balaban J connectivity index is 1.65. The summed E-state index contributed by atoms with van der Waals surface area (Å²) in [5.74, 6) is -2.65. The number of amides is 1. The van der Waals surface area contributed by atoms with Gasteiger partial charge in [-0.3, -0.25) is 18.9 Å². The molecule has 2 aromatic carbocycles. The zero-order chi connectivity index (χ0) is 30.8. The molecule has 0 radical (unpaired) electrons. The van der Waals surface area contributed by atoms with E-state index in [1.165, 1.54) is 38.7 Å². The van der Waals surface area contributed by atoms with Gasteiger partial charge in [0.15, 0.2) is 0 Å². The molecular formula is C26H22ClF4N5O5S. The van der Waals surface area contributed by atoms with Crippen molar-refractivity contribution >= 4 is 44.1 Å². The maximum Gasteiger partial charge on any atom is 0.405 e. The van der Waals surface area contributed by atoms with Crippen LogP contribution in [0.3, 0.4) is 0 Å². The quantitative estimate of drug-likeness (QED) is 0.263. The number of nitrogens with one attached hydrogen (secondary N) is 2. The zero-order valence-corrected chi connectivity index (χ0v) is 23.4. The van der Waals surface area contributed by atoms with Gasteiger partial charge in [-0.05, 0) is 42.0 Å². The summed E-state index contributed by atoms with van der Waals surface area (Å²) in [7, 11) is -3.02. The van der Waals surface area contributed by atoms with Gasteiger partial charge in [0.2, 0.25) is 11.8 Å². The first-order chi connectivity index (χ1) is 19.7. The minimum atomic E-state index is -4.57. The fraction of sp³-hybridized carbons (Fsp3) is 0.231. The Morgan fingerprint density at radius 2 is 1.86 bits per heavy atom. The van der Waals surface area contributed by atoms with Crippen LogP contribution in [0.1, 0.15) is 6.92 Å². The van der Waals surface area contributed by atoms with E-state index in [4.69, 9.17) is 16.3 Å². The van der Waals surface area contributed by atoms with Crippen molar-refractivity contribution in [3.8, 4) is 17.0 Å². The predicted octanol–water partition coefficient (Wildman–Crippen LogP) is 4.38. The van der Waals surface area contributed by atoms with Crippen LogP contribution in [0.5, 0.6) is 5.88 Å². The Bertz CT molecular complexity index is 1830. The first kappa shape index (κ1) is 30.7. The molecule has 2 aromatic heterocycles. The molecular weight excluding hydrogens is 606 g/mol. The minimum absolute atomic E-state index is 0.0715. The molecule has 0 fully saturated rings. The van der Waals surface area contributed by atoms with E-state index in [0.717, 1.165) is 22.8 Å². The number of methoxy groups -OCH3 is 1. The highest BCUT2D eigenvalue weighted by molar-refractivity contribution is 7.92. The fourth-order valence-corrected chi connectivity index (χ4v) is 5.53. The van der Waals surface area contributed by atoms with E-state index in [1.807, 2.05) is 0 Å². The molecule has 222 valence electrons. The van der Waals surface area contributed by atoms with Gasteiger partial charge in [-0.1, -0.05) is 24.6 Å². The van der Waals surface area contributed by atoms with Crippen LogP contribution in [0.4, 0.5) is 23.2 Å². The van der Waals surface area contributed by atoms with Crippen LogP contribution < -0.4 is 20.3 Å². The van der Waals surface area contributed by atoms with Gasteiger partial charge in [-0.2, -0.15) is 13.2 Å². The van der Waals surface area contributed by atoms with Crippen molar-refractivity contribution < 1.29 is 35.5 Å². The number of fused-ring (bicyclic) bond motifs is 1. The average Bonchev–Trinajstić information content (AvgIpc) is 2.92. The van der Waals surface area contributed by atoms with Crippen LogP contribution in [-0.4, -0.2) is 48.7 Å². The molecule has 4 rings (SSSR count). The van der Waals surface area contributed by atoms with Crippen LogP contribution in [0, 0.1) is 11.7 Å². The molecule has 0 aliphatic heterocycles. The Kier molecular flexibility index (Phi) is 8.73. The molecule has 0 aliphatic carbocycles. The van der Waals surface area contributed by atoms with E-state index in [9.17, 15) is 35.6 Å². The Morgan fingerprint density at radius 1 is 1.12 bits per heavy atom. The standard InChI is InChI=1S/C26H22ClF4N5O5S/c1-14(23(37)33-12-26(29,30)31)11-36-13-34-20-5-3-15(7-18(20)25(36)38)16-8-21(24(41-2)32-10-16)35-42(39,40)22-6-4-17(28)9-19(22)27/h3-10,13-14,35H,11-12H2,1-2H3,(H,33,37)/t14-/m0/s1. The molecule has 4 aromatic rings. The van der Waals surface area contributed by atoms with Gasteiger partial charge in [-0.25, -0.2) is 22.8 Å². The monoisotopic (exact) mass is 627 g/mol. The van der Waals surface area contributed by atoms with Gasteiger partial charge < -0.3 is 10.1 Å². The molecule has 0 saturated carbocycles. The maximum atomic E-state index is 13.4. The third kappa shape index (κ3) is 6.97. The normalized spacial score (nSPS) is 12.6. The van der Waals surface area contributed by atoms with E-state index in [0.29, 0.717) is 16.6 Å². The topological polar surface area (TPSA) is 132 Å². The first-order valence-corrected chi connectivity index (χ1v) is 13.9. The molecule has 0 spiro atoms. The fourth-order valence-electron chi connectivity index (χ4n) is 3.95. The van der Waals surface area contributed by atoms with Crippen molar-refractivity contribution in [2.75, 3.05) is 18.4 Å². The Hall–Kier alpha value is -4.24. The Labute approximate surface area is 241 Å². The first-order valence-electron chi connectivity index (χ1n) is 12.0. The van der Waals surface area contributed by atoms with Crippen molar-refractivity contribution in [3.63, 3.8) is 0 Å². The summed E-state index contributed by atoms with van der Waals surface area (Å²) >= 11 is 5.94. The Morgan fingerprint density at radius 3 is 2.52 bits per heavy atom. The van der Waals surface area contributed by atoms with Crippen LogP contribution in [0.25, 0.3) is 22.0 Å². The number of sulfonamides is 1. The van der Waals surface area contributed by atoms with Crippen molar-refractivity contribution in [3.05, 3.63) is 76.2 Å². The number of hydrogen-bond acceptors (Lipinski definition) is 7. The molecule has 0 saturated heterocycles. The minimum Gasteiger partial charge on any atom is -0.480 e. The lowest BCUT2D eigenvalue weighted by Gasteiger charge is -2.15. The number of alkyl halides is 3. The predicted molar refractivity (Wildman–Crippen MR) is 146 cm³/mol. The summed E-state index contributed by atoms with van der Waals surface area (Å²) in [6, 6.07) is 8.85. The zero-order valence-electron chi connectivity index (χ0n) is 21.9. The van der Waals surface area contributed by atoms with E-state index >= 15 is 0 Å². The van der Waals surface area contributed by atoms with Gasteiger partial charge in [0.05, 0.1) is 35.3 Å². The highest BCUT2D eigenvalue weighted by Gasteiger charge is 2.29. The number of pyridine rings is 1. The lowest BCUT2D eigenvalue weighted by atomic mass is 10.0. The van der Waals surface area contributed by atoms with Gasteiger partial charge in [0.1, 0.15) is 22.9 Å². The summed E-state index contributed by atoms with van der Waals surface area (Å²) in [5.41, 5.74) is 0.492. The third-order valence-corrected chi connectivity index (χ3v) is 7.86. The van der Waals surface area contributed by atoms with Crippen LogP contribution >= 0.6 is 11.6 Å². The van der Waals surface area contributed by atoms with E-state index in [2.05, 4.69) is 14.7 Å². The number of carbonyl (C=O) groups excluding carboxylic acids is 1. The van der Waals surface area contributed by atoms with E-state index < -0.39 is 45.9 Å². The number of hydrogen-bond donors (Lipinski definition) is 2. The van der Waals surface area contributed by atoms with Crippen molar-refractivity contribution in [2.45, 2.75) is 24.5 Å². The van der Waals surface area contributed by atoms with Crippen LogP contribution in [0.2, 0.25) is 5.02 Å². The number of halogens is 5. The number of anilines is 1. The van der Waals surface area contributed by atoms with Gasteiger partial charge >= 0.3 is 6.18 Å². The number of aromatic nitrogens is 3. The van der Waals surface area contributed by atoms with Gasteiger partial charge in [-0.15, -0.1) is 0 Å². The number of benzene rings is 2. The van der Waals surface area contributed by atoms with Crippen molar-refractivity contribution in [2.24, 2.45) is 5.92 Å². The smallest absolute Gasteiger partial charge is 0.405 e. The molecule has 0 bridgehead atoms. The molecule has 16 heteroatoms. The van der Waals surface area contributed by atoms with Crippen LogP contribution in [0.15, 0.2) is 64.7 Å². The second kappa shape index (κ2) is 11.9. The van der Waals surface area contributed by atoms with Crippen LogP contribution in [-0.2, 0) is 21.4 Å². The molecule has 42 heavy (non-hydrogen) atoms. The third-order valence-electron chi connectivity index (χ3n) is 6.01. The highest BCUT2D eigenvalue weighted by Crippen LogP contribution is 2.32. The molecule has 1 atom stereocenters. The summed E-state index contributed by atoms with van der Waals surface area (Å²) in [6.07, 6.45) is -2.00. The second-order valence-electron chi connectivity index (χ2n) is 9.13. The van der Waals surface area contributed by atoms with Crippen molar-refractivity contribution in [1.82, 2.24) is 19.9 Å². The lowest BCUT2D eigenvalue weighted by molar-refractivity contribution is -0.140. The molecule has 10 nitrogen and oxygen atoms in total. The van der Waals surface area contributed by atoms with Gasteiger partial charge in [0, 0.05) is 18.3 Å².